The van der Waals surface area contributed by atoms with Crippen molar-refractivity contribution in [1.82, 2.24) is 4.98 Å². The molecular weight excluding hydrogens is 453 g/mol. The van der Waals surface area contributed by atoms with E-state index in [9.17, 15) is 0 Å². The third-order valence-corrected chi connectivity index (χ3v) is 5.46. The van der Waals surface area contributed by atoms with Gasteiger partial charge in [0, 0.05) is 35.4 Å². The summed E-state index contributed by atoms with van der Waals surface area (Å²) < 4.78 is 0. The minimum atomic E-state index is 0. The van der Waals surface area contributed by atoms with Crippen LogP contribution in [0, 0.1) is 0 Å². The number of hydrogen-bond donors (Lipinski definition) is 1. The van der Waals surface area contributed by atoms with Crippen molar-refractivity contribution < 1.29 is 0 Å². The maximum absolute atomic E-state index is 6.09. The van der Waals surface area contributed by atoms with Crippen LogP contribution in [-0.2, 0) is 0 Å². The molecule has 0 aliphatic heterocycles. The number of rotatable bonds is 6. The molecule has 0 atom stereocenters. The van der Waals surface area contributed by atoms with E-state index in [1.165, 1.54) is 5.69 Å². The summed E-state index contributed by atoms with van der Waals surface area (Å²) in [7, 11) is 0. The molecule has 3 rings (SSSR count). The first-order chi connectivity index (χ1) is 12.1. The van der Waals surface area contributed by atoms with Crippen LogP contribution in [0.25, 0.3) is 11.3 Å². The predicted molar refractivity (Wildman–Crippen MR) is 121 cm³/mol. The van der Waals surface area contributed by atoms with Crippen molar-refractivity contribution >= 4 is 68.0 Å². The summed E-state index contributed by atoms with van der Waals surface area (Å²) in [5.74, 6) is 0. The molecule has 1 N–H and O–H groups in total. The number of benzene rings is 2. The van der Waals surface area contributed by atoms with Crippen molar-refractivity contribution in [3.05, 3.63) is 57.9 Å². The summed E-state index contributed by atoms with van der Waals surface area (Å²) in [5.41, 5.74) is 4.08. The number of halogens is 3. The first-order valence-electron chi connectivity index (χ1n) is 8.13. The number of hydrogen-bond acceptors (Lipinski definition) is 4. The quantitative estimate of drug-likeness (QED) is 0.408. The Hall–Kier alpha value is -1.27. The topological polar surface area (TPSA) is 28.2 Å². The van der Waals surface area contributed by atoms with Gasteiger partial charge in [0.1, 0.15) is 0 Å². The Balaban J connectivity index is 0.00000243. The fraction of sp³-hybridized carbons (Fsp3) is 0.211. The lowest BCUT2D eigenvalue weighted by Gasteiger charge is -2.21. The van der Waals surface area contributed by atoms with Gasteiger partial charge in [0.25, 0.3) is 0 Å². The lowest BCUT2D eigenvalue weighted by atomic mass is 10.2. The molecule has 0 saturated carbocycles. The molecule has 7 heteroatoms. The summed E-state index contributed by atoms with van der Waals surface area (Å²) in [6, 6.07) is 14.0. The van der Waals surface area contributed by atoms with Crippen molar-refractivity contribution in [3.8, 4) is 11.3 Å². The van der Waals surface area contributed by atoms with Gasteiger partial charge in [-0.3, -0.25) is 0 Å². The van der Waals surface area contributed by atoms with Crippen molar-refractivity contribution in [1.29, 1.82) is 0 Å². The number of thiazole rings is 1. The van der Waals surface area contributed by atoms with Crippen LogP contribution in [0.2, 0.25) is 10.0 Å². The highest BCUT2D eigenvalue weighted by atomic mass is 79.9. The molecule has 0 bridgehead atoms. The smallest absolute Gasteiger partial charge is 0.187 e. The van der Waals surface area contributed by atoms with E-state index in [1.807, 2.05) is 17.5 Å². The normalized spacial score (nSPS) is 10.3. The molecule has 0 aliphatic rings. The van der Waals surface area contributed by atoms with Crippen molar-refractivity contribution in [2.24, 2.45) is 0 Å². The Morgan fingerprint density at radius 3 is 2.31 bits per heavy atom. The van der Waals surface area contributed by atoms with Gasteiger partial charge in [-0.25, -0.2) is 4.98 Å². The van der Waals surface area contributed by atoms with Crippen LogP contribution in [0.15, 0.2) is 47.8 Å². The molecule has 0 saturated heterocycles. The van der Waals surface area contributed by atoms with Crippen LogP contribution in [0.1, 0.15) is 13.8 Å². The highest BCUT2D eigenvalue weighted by molar-refractivity contribution is 8.93. The predicted octanol–water partition coefficient (Wildman–Crippen LogP) is 7.28. The monoisotopic (exact) mass is 471 g/mol. The van der Waals surface area contributed by atoms with E-state index in [0.29, 0.717) is 10.0 Å². The van der Waals surface area contributed by atoms with Crippen molar-refractivity contribution in [3.63, 3.8) is 0 Å². The van der Waals surface area contributed by atoms with Gasteiger partial charge < -0.3 is 10.2 Å². The molecule has 3 nitrogen and oxygen atoms in total. The Bertz CT molecular complexity index is 848. The van der Waals surface area contributed by atoms with Crippen LogP contribution < -0.4 is 10.2 Å². The third-order valence-electron chi connectivity index (χ3n) is 3.97. The summed E-state index contributed by atoms with van der Waals surface area (Å²) in [4.78, 5) is 6.95. The molecule has 3 aromatic rings. The molecule has 0 fully saturated rings. The molecule has 0 amide bonds. The van der Waals surface area contributed by atoms with E-state index in [2.05, 4.69) is 53.3 Å². The van der Waals surface area contributed by atoms with Gasteiger partial charge in [-0.05, 0) is 50.2 Å². The standard InChI is InChI=1S/C19H19Cl2N3S.BrH/c1-3-24(4-2)15-8-6-14(7-9-15)22-19-23-18(12-25-19)13-5-10-16(20)17(21)11-13;/h5-12H,3-4H2,1-2H3,(H,22,23);1H. The Kier molecular flexibility index (Phi) is 7.77. The number of nitrogens with zero attached hydrogens (tertiary/aromatic N) is 2. The minimum Gasteiger partial charge on any atom is -0.372 e. The van der Waals surface area contributed by atoms with E-state index in [0.717, 1.165) is 35.2 Å². The molecule has 1 heterocycles. The van der Waals surface area contributed by atoms with Crippen LogP contribution in [0.5, 0.6) is 0 Å². The first kappa shape index (κ1) is 21.0. The fourth-order valence-corrected chi connectivity index (χ4v) is 3.62. The zero-order valence-corrected chi connectivity index (χ0v) is 18.5. The SMILES string of the molecule is Br.CCN(CC)c1ccc(Nc2nc(-c3ccc(Cl)c(Cl)c3)cs2)cc1. The molecule has 26 heavy (non-hydrogen) atoms. The Morgan fingerprint density at radius 1 is 1.00 bits per heavy atom. The van der Waals surface area contributed by atoms with Crippen LogP contribution in [-0.4, -0.2) is 18.1 Å². The molecule has 1 aromatic heterocycles. The first-order valence-corrected chi connectivity index (χ1v) is 9.77. The largest absolute Gasteiger partial charge is 0.372 e. The van der Waals surface area contributed by atoms with Crippen LogP contribution in [0.4, 0.5) is 16.5 Å². The van der Waals surface area contributed by atoms with Crippen molar-refractivity contribution in [2.75, 3.05) is 23.3 Å². The average molecular weight is 473 g/mol. The summed E-state index contributed by atoms with van der Waals surface area (Å²) in [5, 5.41) is 7.29. The maximum Gasteiger partial charge on any atom is 0.187 e. The molecule has 0 radical (unpaired) electrons. The average Bonchev–Trinajstić information content (AvgIpc) is 3.08. The summed E-state index contributed by atoms with van der Waals surface area (Å²) in [6.07, 6.45) is 0. The third kappa shape index (κ3) is 4.92. The second-order valence-corrected chi connectivity index (χ2v) is 7.18. The van der Waals surface area contributed by atoms with E-state index in [-0.39, 0.29) is 17.0 Å². The molecule has 138 valence electrons. The Labute approximate surface area is 178 Å². The van der Waals surface area contributed by atoms with E-state index in [4.69, 9.17) is 23.2 Å². The molecule has 2 aromatic carbocycles. The van der Waals surface area contributed by atoms with E-state index < -0.39 is 0 Å². The van der Waals surface area contributed by atoms with E-state index in [1.54, 1.807) is 17.4 Å². The van der Waals surface area contributed by atoms with Gasteiger partial charge in [-0.2, -0.15) is 0 Å². The van der Waals surface area contributed by atoms with Crippen molar-refractivity contribution in [2.45, 2.75) is 13.8 Å². The Morgan fingerprint density at radius 2 is 1.69 bits per heavy atom. The van der Waals surface area contributed by atoms with Gasteiger partial charge in [0.05, 0.1) is 15.7 Å². The van der Waals surface area contributed by atoms with Gasteiger partial charge in [-0.15, -0.1) is 28.3 Å². The number of aromatic nitrogens is 1. The lowest BCUT2D eigenvalue weighted by molar-refractivity contribution is 0.866. The van der Waals surface area contributed by atoms with E-state index >= 15 is 0 Å². The fourth-order valence-electron chi connectivity index (χ4n) is 2.59. The van der Waals surface area contributed by atoms with Gasteiger partial charge in [-0.1, -0.05) is 29.3 Å². The zero-order valence-electron chi connectivity index (χ0n) is 14.5. The minimum absolute atomic E-state index is 0. The molecule has 0 aliphatic carbocycles. The second kappa shape index (κ2) is 9.60. The van der Waals surface area contributed by atoms with Gasteiger partial charge >= 0.3 is 0 Å². The summed E-state index contributed by atoms with van der Waals surface area (Å²) in [6.45, 7) is 6.33. The summed E-state index contributed by atoms with van der Waals surface area (Å²) >= 11 is 13.6. The molecular formula is C19H20BrCl2N3S. The highest BCUT2D eigenvalue weighted by Gasteiger charge is 2.08. The van der Waals surface area contributed by atoms with Gasteiger partial charge in [0.15, 0.2) is 5.13 Å². The second-order valence-electron chi connectivity index (χ2n) is 5.51. The molecule has 0 spiro atoms. The van der Waals surface area contributed by atoms with Crippen LogP contribution in [0.3, 0.4) is 0 Å². The highest BCUT2D eigenvalue weighted by Crippen LogP contribution is 2.31. The molecule has 0 unspecified atom stereocenters. The maximum atomic E-state index is 6.09. The number of nitrogens with one attached hydrogen (secondary N) is 1. The van der Waals surface area contributed by atoms with Crippen LogP contribution >= 0.6 is 51.5 Å². The lowest BCUT2D eigenvalue weighted by Crippen LogP contribution is -2.21. The zero-order chi connectivity index (χ0) is 17.8. The number of anilines is 3. The van der Waals surface area contributed by atoms with Gasteiger partial charge in [0.2, 0.25) is 0 Å².